The van der Waals surface area contributed by atoms with E-state index in [1.807, 2.05) is 0 Å². The fourth-order valence-corrected chi connectivity index (χ4v) is 0. The van der Waals surface area contributed by atoms with E-state index in [4.69, 9.17) is 0 Å². The van der Waals surface area contributed by atoms with Crippen LogP contribution in [0.4, 0.5) is 0 Å². The Morgan fingerprint density at radius 2 is 1.00 bits per heavy atom. The molecular weight excluding hydrogens is 260 g/mol. The third-order valence-electron chi connectivity index (χ3n) is 0. The van der Waals surface area contributed by atoms with Gasteiger partial charge >= 0.3 is 0 Å². The molecule has 0 aliphatic heterocycles. The summed E-state index contributed by atoms with van der Waals surface area (Å²) >= 11 is 0. The van der Waals surface area contributed by atoms with Gasteiger partial charge in [0.15, 0.2) is 0 Å². The molecule has 0 saturated heterocycles. The first-order valence-electron chi connectivity index (χ1n) is 0. The van der Waals surface area contributed by atoms with Gasteiger partial charge in [-0.05, 0) is 0 Å². The maximum Gasteiger partial charge on any atom is 0 e. The van der Waals surface area contributed by atoms with Crippen molar-refractivity contribution in [2.45, 2.75) is 0 Å². The van der Waals surface area contributed by atoms with Gasteiger partial charge in [0.1, 0.15) is 0 Å². The van der Waals surface area contributed by atoms with E-state index in [-0.39, 0.29) is 95.8 Å². The van der Waals surface area contributed by atoms with Crippen LogP contribution >= 0.6 is 0 Å². The topological polar surface area (TPSA) is 0 Å². The Labute approximate surface area is 93.7 Å². The molecule has 0 nitrogen and oxygen atoms in total. The summed E-state index contributed by atoms with van der Waals surface area (Å²) in [7, 11) is 0. The normalized spacial score (nSPS) is 0. The molecule has 0 aromatic rings. The number of hydrogen-bond donors (Lipinski definition) is 0. The second kappa shape index (κ2) is 16.7. The molecule has 0 aromatic heterocycles. The molecule has 0 N–H and O–H groups in total. The van der Waals surface area contributed by atoms with Gasteiger partial charge in [-0.25, -0.2) is 0 Å². The van der Waals surface area contributed by atoms with Crippen molar-refractivity contribution in [2.75, 3.05) is 0 Å². The van der Waals surface area contributed by atoms with Crippen molar-refractivity contribution >= 4 is 45.5 Å². The average molecular weight is 260 g/mol. The summed E-state index contributed by atoms with van der Waals surface area (Å²) in [5.74, 6) is 0. The minimum atomic E-state index is 0. The Balaban J connectivity index is 0. The van der Waals surface area contributed by atoms with Crippen molar-refractivity contribution in [3.8, 4) is 0 Å². The van der Waals surface area contributed by atoms with Crippen LogP contribution in [0, 0.1) is 0 Å². The van der Waals surface area contributed by atoms with E-state index < -0.39 is 0 Å². The largest absolute Gasteiger partial charge is 0 e. The molecule has 0 fully saturated rings. The molecule has 0 rings (SSSR count). The monoisotopic (exact) mass is 260 g/mol. The molecule has 0 amide bonds. The van der Waals surface area contributed by atoms with Crippen LogP contribution in [0.1, 0.15) is 0 Å². The SMILES string of the molecule is [Co].[Mn].[Ni].[Sr]. The zero-order valence-corrected chi connectivity index (χ0v) is 8.42. The van der Waals surface area contributed by atoms with E-state index >= 15 is 0 Å². The summed E-state index contributed by atoms with van der Waals surface area (Å²) in [4.78, 5) is 0. The fourth-order valence-electron chi connectivity index (χ4n) is 0. The first-order chi connectivity index (χ1) is 0. The van der Waals surface area contributed by atoms with Crippen molar-refractivity contribution < 1.29 is 50.3 Å². The zero-order chi connectivity index (χ0) is 0. The van der Waals surface area contributed by atoms with E-state index in [9.17, 15) is 0 Å². The standard InChI is InChI=1S/Co.Mn.Ni.Sr. The van der Waals surface area contributed by atoms with E-state index in [1.54, 1.807) is 0 Å². The molecule has 0 bridgehead atoms. The van der Waals surface area contributed by atoms with Gasteiger partial charge in [-0.1, -0.05) is 0 Å². The molecular formula is CoMnNiSr. The average Bonchev–Trinajstić information content (AvgIpc) is 0. The summed E-state index contributed by atoms with van der Waals surface area (Å²) in [5.41, 5.74) is 0. The summed E-state index contributed by atoms with van der Waals surface area (Å²) in [6, 6.07) is 0. The van der Waals surface area contributed by atoms with Gasteiger partial charge in [0.05, 0.1) is 0 Å². The van der Waals surface area contributed by atoms with Crippen LogP contribution in [0.2, 0.25) is 0 Å². The molecule has 0 aliphatic carbocycles. The van der Waals surface area contributed by atoms with Crippen LogP contribution in [-0.2, 0) is 50.3 Å². The fraction of sp³-hybridized carbons (Fsp3) is 0. The minimum absolute atomic E-state index is 0. The number of hydrogen-bond acceptors (Lipinski definition) is 0. The van der Waals surface area contributed by atoms with Gasteiger partial charge < -0.3 is 0 Å². The molecule has 4 heteroatoms. The molecule has 4 radical (unpaired) electrons. The minimum Gasteiger partial charge on any atom is 0 e. The molecule has 0 spiro atoms. The first-order valence-corrected chi connectivity index (χ1v) is 0. The van der Waals surface area contributed by atoms with Crippen molar-refractivity contribution in [1.82, 2.24) is 0 Å². The quantitative estimate of drug-likeness (QED) is 0.520. The number of rotatable bonds is 0. The molecule has 0 aliphatic rings. The Bertz CT molecular complexity index is 8.00. The Hall–Kier alpha value is 3.00. The summed E-state index contributed by atoms with van der Waals surface area (Å²) in [6.07, 6.45) is 0. The molecule has 0 heterocycles. The molecule has 28 valence electrons. The second-order valence-corrected chi connectivity index (χ2v) is 0. The van der Waals surface area contributed by atoms with Crippen LogP contribution in [0.5, 0.6) is 0 Å². The second-order valence-electron chi connectivity index (χ2n) is 0. The zero-order valence-electron chi connectivity index (χ0n) is 1.73. The van der Waals surface area contributed by atoms with E-state index in [2.05, 4.69) is 0 Å². The molecule has 0 aromatic carbocycles. The Kier molecular flexibility index (Phi) is 117. The molecule has 0 unspecified atom stereocenters. The van der Waals surface area contributed by atoms with Crippen molar-refractivity contribution in [3.63, 3.8) is 0 Å². The van der Waals surface area contributed by atoms with E-state index in [1.165, 1.54) is 0 Å². The predicted molar refractivity (Wildman–Crippen MR) is 5.75 cm³/mol. The molecule has 0 atom stereocenters. The van der Waals surface area contributed by atoms with E-state index in [0.29, 0.717) is 0 Å². The van der Waals surface area contributed by atoms with Gasteiger partial charge in [-0.15, -0.1) is 0 Å². The van der Waals surface area contributed by atoms with Gasteiger partial charge in [0.25, 0.3) is 0 Å². The maximum atomic E-state index is 0. The first kappa shape index (κ1) is 28.0. The van der Waals surface area contributed by atoms with Gasteiger partial charge in [-0.2, -0.15) is 0 Å². The van der Waals surface area contributed by atoms with Gasteiger partial charge in [0, 0.05) is 95.8 Å². The maximum absolute atomic E-state index is 0. The summed E-state index contributed by atoms with van der Waals surface area (Å²) in [6.45, 7) is 0. The summed E-state index contributed by atoms with van der Waals surface area (Å²) in [5, 5.41) is 0. The van der Waals surface area contributed by atoms with Crippen LogP contribution in [-0.4, -0.2) is 45.5 Å². The van der Waals surface area contributed by atoms with Crippen molar-refractivity contribution in [1.29, 1.82) is 0 Å². The summed E-state index contributed by atoms with van der Waals surface area (Å²) < 4.78 is 0. The van der Waals surface area contributed by atoms with Crippen molar-refractivity contribution in [2.24, 2.45) is 0 Å². The predicted octanol–water partition coefficient (Wildman–Crippen LogP) is -0.388. The van der Waals surface area contributed by atoms with Gasteiger partial charge in [-0.3, -0.25) is 0 Å². The van der Waals surface area contributed by atoms with Crippen molar-refractivity contribution in [3.05, 3.63) is 0 Å². The van der Waals surface area contributed by atoms with Crippen LogP contribution < -0.4 is 0 Å². The van der Waals surface area contributed by atoms with Crippen LogP contribution in [0.3, 0.4) is 0 Å². The van der Waals surface area contributed by atoms with Crippen LogP contribution in [0.15, 0.2) is 0 Å². The van der Waals surface area contributed by atoms with Gasteiger partial charge in [0.2, 0.25) is 0 Å². The molecule has 4 heavy (non-hydrogen) atoms. The third kappa shape index (κ3) is 8.89. The smallest absolute Gasteiger partial charge is 0 e. The Morgan fingerprint density at radius 1 is 1.00 bits per heavy atom. The van der Waals surface area contributed by atoms with Crippen LogP contribution in [0.25, 0.3) is 0 Å². The Morgan fingerprint density at radius 3 is 1.00 bits per heavy atom. The molecule has 0 saturated carbocycles. The van der Waals surface area contributed by atoms with E-state index in [0.717, 1.165) is 0 Å². The third-order valence-corrected chi connectivity index (χ3v) is 0.